The lowest BCUT2D eigenvalue weighted by Crippen LogP contribution is -2.41. The molecule has 0 spiro atoms. The molecule has 3 nitrogen and oxygen atoms in total. The van der Waals surface area contributed by atoms with Crippen LogP contribution in [0.5, 0.6) is 5.75 Å². The standard InChI is InChI=1S/C14H20FNO2/c1-5-10(3)16-14(17)11(4)18-13-8-12(15)7-6-9(13)2/h6-8,10-11H,5H2,1-4H3,(H,16,17). The summed E-state index contributed by atoms with van der Waals surface area (Å²) in [4.78, 5) is 11.8. The van der Waals surface area contributed by atoms with Crippen LogP contribution < -0.4 is 10.1 Å². The zero-order valence-electron chi connectivity index (χ0n) is 11.3. The van der Waals surface area contributed by atoms with Gasteiger partial charge in [0, 0.05) is 12.1 Å². The third-order valence-electron chi connectivity index (χ3n) is 2.82. The Morgan fingerprint density at radius 3 is 2.72 bits per heavy atom. The van der Waals surface area contributed by atoms with E-state index in [1.54, 1.807) is 13.0 Å². The van der Waals surface area contributed by atoms with Crippen LogP contribution in [0.3, 0.4) is 0 Å². The third kappa shape index (κ3) is 4.02. The topological polar surface area (TPSA) is 38.3 Å². The molecular formula is C14H20FNO2. The Hall–Kier alpha value is -1.58. The smallest absolute Gasteiger partial charge is 0.260 e. The Morgan fingerprint density at radius 2 is 2.11 bits per heavy atom. The largest absolute Gasteiger partial charge is 0.481 e. The van der Waals surface area contributed by atoms with E-state index in [4.69, 9.17) is 4.74 Å². The van der Waals surface area contributed by atoms with Crippen LogP contribution in [-0.2, 0) is 4.79 Å². The Kier molecular flexibility index (Phi) is 5.13. The predicted octanol–water partition coefficient (Wildman–Crippen LogP) is 2.82. The maximum absolute atomic E-state index is 13.1. The molecule has 1 rings (SSSR count). The Balaban J connectivity index is 2.66. The molecule has 0 saturated carbocycles. The van der Waals surface area contributed by atoms with Crippen molar-refractivity contribution in [2.24, 2.45) is 0 Å². The first kappa shape index (κ1) is 14.5. The zero-order valence-corrected chi connectivity index (χ0v) is 11.3. The molecule has 2 unspecified atom stereocenters. The molecule has 1 aromatic rings. The highest BCUT2D eigenvalue weighted by Gasteiger charge is 2.17. The van der Waals surface area contributed by atoms with Crippen LogP contribution >= 0.6 is 0 Å². The lowest BCUT2D eigenvalue weighted by atomic mass is 10.2. The number of benzene rings is 1. The lowest BCUT2D eigenvalue weighted by molar-refractivity contribution is -0.127. The van der Waals surface area contributed by atoms with E-state index in [1.807, 2.05) is 20.8 Å². The van der Waals surface area contributed by atoms with Crippen LogP contribution in [0.4, 0.5) is 4.39 Å². The normalized spacial score (nSPS) is 13.8. The average Bonchev–Trinajstić information content (AvgIpc) is 2.33. The van der Waals surface area contributed by atoms with Crippen molar-refractivity contribution >= 4 is 5.91 Å². The number of amides is 1. The highest BCUT2D eigenvalue weighted by molar-refractivity contribution is 5.81. The SMILES string of the molecule is CCC(C)NC(=O)C(C)Oc1cc(F)ccc1C. The van der Waals surface area contributed by atoms with Crippen molar-refractivity contribution in [1.29, 1.82) is 0 Å². The molecular weight excluding hydrogens is 233 g/mol. The number of hydrogen-bond donors (Lipinski definition) is 1. The Morgan fingerprint density at radius 1 is 1.44 bits per heavy atom. The average molecular weight is 253 g/mol. The number of hydrogen-bond acceptors (Lipinski definition) is 2. The molecule has 0 aliphatic heterocycles. The van der Waals surface area contributed by atoms with Crippen molar-refractivity contribution in [3.63, 3.8) is 0 Å². The van der Waals surface area contributed by atoms with Crippen molar-refractivity contribution in [3.8, 4) is 5.75 Å². The molecule has 0 fully saturated rings. The molecule has 0 aromatic heterocycles. The molecule has 4 heteroatoms. The van der Waals surface area contributed by atoms with E-state index >= 15 is 0 Å². The number of carbonyl (C=O) groups is 1. The van der Waals surface area contributed by atoms with E-state index in [9.17, 15) is 9.18 Å². The van der Waals surface area contributed by atoms with Gasteiger partial charge in [0.25, 0.3) is 5.91 Å². The van der Waals surface area contributed by atoms with E-state index in [1.165, 1.54) is 12.1 Å². The molecule has 0 radical (unpaired) electrons. The van der Waals surface area contributed by atoms with Gasteiger partial charge in [-0.05, 0) is 38.8 Å². The molecule has 1 amide bonds. The number of nitrogens with one attached hydrogen (secondary N) is 1. The van der Waals surface area contributed by atoms with Crippen molar-refractivity contribution in [1.82, 2.24) is 5.32 Å². The van der Waals surface area contributed by atoms with Crippen molar-refractivity contribution in [2.75, 3.05) is 0 Å². The molecule has 1 aromatic carbocycles. The van der Waals surface area contributed by atoms with Gasteiger partial charge in [0.05, 0.1) is 0 Å². The van der Waals surface area contributed by atoms with Crippen LogP contribution in [0.2, 0.25) is 0 Å². The summed E-state index contributed by atoms with van der Waals surface area (Å²) in [7, 11) is 0. The molecule has 0 aliphatic carbocycles. The van der Waals surface area contributed by atoms with Gasteiger partial charge in [0.15, 0.2) is 6.10 Å². The summed E-state index contributed by atoms with van der Waals surface area (Å²) in [5, 5.41) is 2.83. The fraction of sp³-hybridized carbons (Fsp3) is 0.500. The first-order chi connectivity index (χ1) is 8.43. The van der Waals surface area contributed by atoms with Crippen molar-refractivity contribution < 1.29 is 13.9 Å². The summed E-state index contributed by atoms with van der Waals surface area (Å²) < 4.78 is 18.6. The Labute approximate surface area is 107 Å². The van der Waals surface area contributed by atoms with Gasteiger partial charge in [0.2, 0.25) is 0 Å². The summed E-state index contributed by atoms with van der Waals surface area (Å²) in [5.74, 6) is -0.153. The zero-order chi connectivity index (χ0) is 13.7. The number of rotatable bonds is 5. The highest BCUT2D eigenvalue weighted by atomic mass is 19.1. The molecule has 0 heterocycles. The summed E-state index contributed by atoms with van der Waals surface area (Å²) >= 11 is 0. The molecule has 0 aliphatic rings. The predicted molar refractivity (Wildman–Crippen MR) is 69.1 cm³/mol. The van der Waals surface area contributed by atoms with E-state index < -0.39 is 6.10 Å². The molecule has 100 valence electrons. The van der Waals surface area contributed by atoms with Crippen molar-refractivity contribution in [3.05, 3.63) is 29.6 Å². The second kappa shape index (κ2) is 6.38. The lowest BCUT2D eigenvalue weighted by Gasteiger charge is -2.18. The molecule has 0 bridgehead atoms. The van der Waals surface area contributed by atoms with E-state index in [0.29, 0.717) is 5.75 Å². The molecule has 1 N–H and O–H groups in total. The van der Waals surface area contributed by atoms with Gasteiger partial charge in [-0.2, -0.15) is 0 Å². The van der Waals surface area contributed by atoms with Crippen LogP contribution in [0, 0.1) is 12.7 Å². The van der Waals surface area contributed by atoms with E-state index in [-0.39, 0.29) is 17.8 Å². The number of ether oxygens (including phenoxy) is 1. The number of carbonyl (C=O) groups excluding carboxylic acids is 1. The first-order valence-electron chi connectivity index (χ1n) is 6.17. The highest BCUT2D eigenvalue weighted by Crippen LogP contribution is 2.20. The summed E-state index contributed by atoms with van der Waals surface area (Å²) in [6.07, 6.45) is 0.219. The van der Waals surface area contributed by atoms with Gasteiger partial charge in [-0.1, -0.05) is 13.0 Å². The van der Waals surface area contributed by atoms with Crippen LogP contribution in [0.1, 0.15) is 32.8 Å². The summed E-state index contributed by atoms with van der Waals surface area (Å²) in [6, 6.07) is 4.40. The molecule has 18 heavy (non-hydrogen) atoms. The maximum Gasteiger partial charge on any atom is 0.260 e. The minimum Gasteiger partial charge on any atom is -0.481 e. The van der Waals surface area contributed by atoms with Crippen molar-refractivity contribution in [2.45, 2.75) is 46.3 Å². The van der Waals surface area contributed by atoms with Gasteiger partial charge in [0.1, 0.15) is 11.6 Å². The number of halogens is 1. The van der Waals surface area contributed by atoms with Gasteiger partial charge < -0.3 is 10.1 Å². The fourth-order valence-corrected chi connectivity index (χ4v) is 1.41. The van der Waals surface area contributed by atoms with Crippen LogP contribution in [0.25, 0.3) is 0 Å². The van der Waals surface area contributed by atoms with Crippen LogP contribution in [-0.4, -0.2) is 18.1 Å². The van der Waals surface area contributed by atoms with Gasteiger partial charge >= 0.3 is 0 Å². The van der Waals surface area contributed by atoms with E-state index in [2.05, 4.69) is 5.32 Å². The summed E-state index contributed by atoms with van der Waals surface area (Å²) in [5.41, 5.74) is 0.805. The monoisotopic (exact) mass is 253 g/mol. The fourth-order valence-electron chi connectivity index (χ4n) is 1.41. The molecule has 0 saturated heterocycles. The Bertz CT molecular complexity index is 420. The van der Waals surface area contributed by atoms with Gasteiger partial charge in [-0.25, -0.2) is 4.39 Å². The van der Waals surface area contributed by atoms with Crippen LogP contribution in [0.15, 0.2) is 18.2 Å². The maximum atomic E-state index is 13.1. The van der Waals surface area contributed by atoms with Gasteiger partial charge in [-0.3, -0.25) is 4.79 Å². The summed E-state index contributed by atoms with van der Waals surface area (Å²) in [6.45, 7) is 7.39. The minimum atomic E-state index is -0.639. The second-order valence-corrected chi connectivity index (χ2v) is 4.49. The number of aryl methyl sites for hydroxylation is 1. The third-order valence-corrected chi connectivity index (χ3v) is 2.82. The molecule has 2 atom stereocenters. The van der Waals surface area contributed by atoms with Gasteiger partial charge in [-0.15, -0.1) is 0 Å². The quantitative estimate of drug-likeness (QED) is 0.876. The first-order valence-corrected chi connectivity index (χ1v) is 6.17. The second-order valence-electron chi connectivity index (χ2n) is 4.49. The van der Waals surface area contributed by atoms with E-state index in [0.717, 1.165) is 12.0 Å². The minimum absolute atomic E-state index is 0.108.